The molecule has 2 N–H and O–H groups in total. The smallest absolute Gasteiger partial charge is 0.258 e. The van der Waals surface area contributed by atoms with Gasteiger partial charge in [0.2, 0.25) is 5.95 Å². The van der Waals surface area contributed by atoms with Gasteiger partial charge in [-0.3, -0.25) is 9.59 Å². The maximum atomic E-state index is 12.4. The summed E-state index contributed by atoms with van der Waals surface area (Å²) in [5.41, 5.74) is 4.66. The number of carbonyl (C=O) groups is 2. The molecular weight excluding hydrogens is 340 g/mol. The summed E-state index contributed by atoms with van der Waals surface area (Å²) in [5, 5.41) is 5.89. The van der Waals surface area contributed by atoms with Crippen LogP contribution in [-0.4, -0.2) is 21.7 Å². The van der Waals surface area contributed by atoms with Crippen LogP contribution in [0.4, 0.5) is 17.3 Å². The van der Waals surface area contributed by atoms with E-state index < -0.39 is 0 Å². The summed E-state index contributed by atoms with van der Waals surface area (Å²) in [6.45, 7) is 5.48. The number of aromatic nitrogens is 2. The highest BCUT2D eigenvalue weighted by Crippen LogP contribution is 2.16. The number of hydrogen-bond donors (Lipinski definition) is 2. The molecule has 0 fully saturated rings. The van der Waals surface area contributed by atoms with Gasteiger partial charge in [0.1, 0.15) is 0 Å². The van der Waals surface area contributed by atoms with E-state index in [1.165, 1.54) is 19.3 Å². The molecule has 0 saturated heterocycles. The van der Waals surface area contributed by atoms with E-state index in [9.17, 15) is 9.59 Å². The van der Waals surface area contributed by atoms with E-state index in [1.807, 2.05) is 32.0 Å². The normalized spacial score (nSPS) is 10.3. The van der Waals surface area contributed by atoms with Crippen molar-refractivity contribution in [3.05, 3.63) is 77.1 Å². The van der Waals surface area contributed by atoms with Gasteiger partial charge < -0.3 is 10.6 Å². The molecule has 0 atom stereocenters. The number of aryl methyl sites for hydroxylation is 2. The van der Waals surface area contributed by atoms with Crippen LogP contribution >= 0.6 is 0 Å². The highest BCUT2D eigenvalue weighted by atomic mass is 16.1. The van der Waals surface area contributed by atoms with Crippen LogP contribution in [0.2, 0.25) is 0 Å². The first-order chi connectivity index (χ1) is 12.9. The second-order valence-corrected chi connectivity index (χ2v) is 6.38. The zero-order chi connectivity index (χ0) is 19.4. The zero-order valence-electron chi connectivity index (χ0n) is 15.4. The molecular formula is C21H20N4O2. The lowest BCUT2D eigenvalue weighted by atomic mass is 10.1. The van der Waals surface area contributed by atoms with Crippen LogP contribution in [0.5, 0.6) is 0 Å². The first-order valence-electron chi connectivity index (χ1n) is 8.50. The Kier molecular flexibility index (Phi) is 5.26. The summed E-state index contributed by atoms with van der Waals surface area (Å²) in [7, 11) is 0. The highest BCUT2D eigenvalue weighted by Gasteiger charge is 2.09. The average molecular weight is 360 g/mol. The number of Topliss-reactive ketones (excluding diaryl/α,β-unsaturated/α-hetero) is 1. The summed E-state index contributed by atoms with van der Waals surface area (Å²) < 4.78 is 0. The number of nitrogens with one attached hydrogen (secondary N) is 2. The molecule has 0 aliphatic heterocycles. The lowest BCUT2D eigenvalue weighted by Gasteiger charge is -2.08. The van der Waals surface area contributed by atoms with Gasteiger partial charge >= 0.3 is 0 Å². The molecule has 1 amide bonds. The Bertz CT molecular complexity index is 960. The third-order valence-corrected chi connectivity index (χ3v) is 3.94. The number of anilines is 3. The largest absolute Gasteiger partial charge is 0.324 e. The van der Waals surface area contributed by atoms with Gasteiger partial charge in [0.15, 0.2) is 5.78 Å². The number of nitrogens with zero attached hydrogens (tertiary/aromatic N) is 2. The number of ketones is 1. The summed E-state index contributed by atoms with van der Waals surface area (Å²) in [5.74, 6) is 0.114. The number of benzene rings is 2. The van der Waals surface area contributed by atoms with Gasteiger partial charge in [0.25, 0.3) is 5.91 Å². The van der Waals surface area contributed by atoms with Gasteiger partial charge in [0, 0.05) is 29.3 Å². The molecule has 0 radical (unpaired) electrons. The SMILES string of the molecule is CC(=O)c1ccc(Nc2ncc(C(=O)Nc3cc(C)cc(C)c3)cn2)cc1. The van der Waals surface area contributed by atoms with Gasteiger partial charge in [-0.15, -0.1) is 0 Å². The second-order valence-electron chi connectivity index (χ2n) is 6.38. The Labute approximate surface area is 157 Å². The van der Waals surface area contributed by atoms with Crippen molar-refractivity contribution in [1.82, 2.24) is 9.97 Å². The summed E-state index contributed by atoms with van der Waals surface area (Å²) in [4.78, 5) is 32.0. The fourth-order valence-corrected chi connectivity index (χ4v) is 2.68. The topological polar surface area (TPSA) is 84.0 Å². The Balaban J connectivity index is 1.67. The standard InChI is InChI=1S/C21H20N4O2/c1-13-8-14(2)10-19(9-13)24-20(27)17-11-22-21(23-12-17)25-18-6-4-16(5-7-18)15(3)26/h4-12H,1-3H3,(H,24,27)(H,22,23,25). The van der Waals surface area contributed by atoms with E-state index in [2.05, 4.69) is 20.6 Å². The van der Waals surface area contributed by atoms with E-state index in [-0.39, 0.29) is 11.7 Å². The molecule has 2 aromatic carbocycles. The fraction of sp³-hybridized carbons (Fsp3) is 0.143. The molecule has 0 aliphatic carbocycles. The van der Waals surface area contributed by atoms with Gasteiger partial charge in [-0.2, -0.15) is 0 Å². The molecule has 3 rings (SSSR count). The van der Waals surface area contributed by atoms with Crippen molar-refractivity contribution in [2.75, 3.05) is 10.6 Å². The van der Waals surface area contributed by atoms with Crippen LogP contribution in [0, 0.1) is 13.8 Å². The van der Waals surface area contributed by atoms with Crippen LogP contribution in [0.15, 0.2) is 54.9 Å². The molecule has 6 nitrogen and oxygen atoms in total. The third-order valence-electron chi connectivity index (χ3n) is 3.94. The van der Waals surface area contributed by atoms with Crippen LogP contribution in [0.3, 0.4) is 0 Å². The molecule has 3 aromatic rings. The predicted octanol–water partition coefficient (Wildman–Crippen LogP) is 4.29. The lowest BCUT2D eigenvalue weighted by molar-refractivity contribution is 0.101. The summed E-state index contributed by atoms with van der Waals surface area (Å²) in [6, 6.07) is 12.9. The monoisotopic (exact) mass is 360 g/mol. The number of rotatable bonds is 5. The van der Waals surface area contributed by atoms with Crippen molar-refractivity contribution in [3.8, 4) is 0 Å². The van der Waals surface area contributed by atoms with Crippen molar-refractivity contribution in [1.29, 1.82) is 0 Å². The van der Waals surface area contributed by atoms with Gasteiger partial charge in [0.05, 0.1) is 5.56 Å². The van der Waals surface area contributed by atoms with Crippen molar-refractivity contribution in [3.63, 3.8) is 0 Å². The van der Waals surface area contributed by atoms with Gasteiger partial charge in [-0.1, -0.05) is 6.07 Å². The Hall–Kier alpha value is -3.54. The minimum atomic E-state index is -0.266. The molecule has 136 valence electrons. The molecule has 1 aromatic heterocycles. The second kappa shape index (κ2) is 7.78. The minimum Gasteiger partial charge on any atom is -0.324 e. The fourth-order valence-electron chi connectivity index (χ4n) is 2.68. The van der Waals surface area contributed by atoms with Gasteiger partial charge in [-0.05, 0) is 68.3 Å². The van der Waals surface area contributed by atoms with Crippen LogP contribution in [0.1, 0.15) is 38.8 Å². The van der Waals surface area contributed by atoms with E-state index >= 15 is 0 Å². The highest BCUT2D eigenvalue weighted by molar-refractivity contribution is 6.04. The van der Waals surface area contributed by atoms with Crippen LogP contribution in [0.25, 0.3) is 0 Å². The first-order valence-corrected chi connectivity index (χ1v) is 8.50. The zero-order valence-corrected chi connectivity index (χ0v) is 15.4. The number of carbonyl (C=O) groups excluding carboxylic acids is 2. The molecule has 0 bridgehead atoms. The molecule has 6 heteroatoms. The number of hydrogen-bond acceptors (Lipinski definition) is 5. The van der Waals surface area contributed by atoms with Crippen molar-refractivity contribution in [2.24, 2.45) is 0 Å². The third kappa shape index (κ3) is 4.76. The van der Waals surface area contributed by atoms with Crippen LogP contribution < -0.4 is 10.6 Å². The lowest BCUT2D eigenvalue weighted by Crippen LogP contribution is -2.13. The molecule has 27 heavy (non-hydrogen) atoms. The van der Waals surface area contributed by atoms with E-state index in [0.29, 0.717) is 17.1 Å². The Morgan fingerprint density at radius 1 is 0.815 bits per heavy atom. The molecule has 0 spiro atoms. The van der Waals surface area contributed by atoms with Crippen molar-refractivity contribution < 1.29 is 9.59 Å². The maximum Gasteiger partial charge on any atom is 0.258 e. The van der Waals surface area contributed by atoms with E-state index in [4.69, 9.17) is 0 Å². The minimum absolute atomic E-state index is 0.0111. The molecule has 1 heterocycles. The van der Waals surface area contributed by atoms with Gasteiger partial charge in [-0.25, -0.2) is 9.97 Å². The Morgan fingerprint density at radius 2 is 1.41 bits per heavy atom. The van der Waals surface area contributed by atoms with E-state index in [1.54, 1.807) is 24.3 Å². The quantitative estimate of drug-likeness (QED) is 0.663. The summed E-state index contributed by atoms with van der Waals surface area (Å²) in [6.07, 6.45) is 2.94. The molecule has 0 saturated carbocycles. The van der Waals surface area contributed by atoms with Crippen molar-refractivity contribution >= 4 is 29.0 Å². The molecule has 0 aliphatic rings. The molecule has 0 unspecified atom stereocenters. The maximum absolute atomic E-state index is 12.4. The summed E-state index contributed by atoms with van der Waals surface area (Å²) >= 11 is 0. The van der Waals surface area contributed by atoms with Crippen LogP contribution in [-0.2, 0) is 0 Å². The Morgan fingerprint density at radius 3 is 1.96 bits per heavy atom. The predicted molar refractivity (Wildman–Crippen MR) is 106 cm³/mol. The number of amides is 1. The van der Waals surface area contributed by atoms with Crippen molar-refractivity contribution in [2.45, 2.75) is 20.8 Å². The average Bonchev–Trinajstić information content (AvgIpc) is 2.62. The first kappa shape index (κ1) is 18.3. The van der Waals surface area contributed by atoms with E-state index in [0.717, 1.165) is 22.5 Å².